The molecule has 2 aromatic heterocycles. The second-order valence-electron chi connectivity index (χ2n) is 7.15. The van der Waals surface area contributed by atoms with Crippen molar-refractivity contribution in [2.24, 2.45) is 0 Å². The van der Waals surface area contributed by atoms with E-state index in [1.54, 1.807) is 18.7 Å². The van der Waals surface area contributed by atoms with Gasteiger partial charge in [0.25, 0.3) is 5.91 Å². The molecule has 0 saturated carbocycles. The molecule has 24 heavy (non-hydrogen) atoms. The van der Waals surface area contributed by atoms with Crippen molar-refractivity contribution in [2.75, 3.05) is 26.2 Å². The molecule has 4 heterocycles. The van der Waals surface area contributed by atoms with Gasteiger partial charge in [-0.3, -0.25) is 14.8 Å². The predicted octanol–water partition coefficient (Wildman–Crippen LogP) is 2.76. The second-order valence-corrected chi connectivity index (χ2v) is 7.15. The third-order valence-corrected chi connectivity index (χ3v) is 5.68. The van der Waals surface area contributed by atoms with Crippen molar-refractivity contribution in [2.45, 2.75) is 38.1 Å². The molecule has 4 rings (SSSR count). The molecule has 6 nitrogen and oxygen atoms in total. The monoisotopic (exact) mass is 328 g/mol. The van der Waals surface area contributed by atoms with Crippen LogP contribution >= 0.6 is 0 Å². The van der Waals surface area contributed by atoms with Gasteiger partial charge in [0.2, 0.25) is 0 Å². The number of H-pyrrole nitrogens is 1. The van der Waals surface area contributed by atoms with Gasteiger partial charge in [-0.05, 0) is 51.8 Å². The summed E-state index contributed by atoms with van der Waals surface area (Å²) in [6.07, 6.45) is 9.55. The number of piperidine rings is 1. The molecular formula is C18H24N4O2. The Hall–Kier alpha value is -2.08. The van der Waals surface area contributed by atoms with Crippen LogP contribution in [0.5, 0.6) is 0 Å². The van der Waals surface area contributed by atoms with E-state index in [9.17, 15) is 4.79 Å². The Morgan fingerprint density at radius 2 is 2.00 bits per heavy atom. The average Bonchev–Trinajstić information content (AvgIpc) is 3.36. The highest BCUT2D eigenvalue weighted by molar-refractivity contribution is 5.99. The molecule has 0 bridgehead atoms. The first-order valence-electron chi connectivity index (χ1n) is 8.78. The van der Waals surface area contributed by atoms with Gasteiger partial charge in [0.15, 0.2) is 0 Å². The van der Waals surface area contributed by atoms with Crippen LogP contribution in [-0.2, 0) is 0 Å². The summed E-state index contributed by atoms with van der Waals surface area (Å²) in [7, 11) is 0. The summed E-state index contributed by atoms with van der Waals surface area (Å²) in [6, 6.07) is 1.84. The summed E-state index contributed by atoms with van der Waals surface area (Å²) in [5.74, 6) is 0.0587. The summed E-state index contributed by atoms with van der Waals surface area (Å²) < 4.78 is 5.12. The predicted molar refractivity (Wildman–Crippen MR) is 90.6 cm³/mol. The Kier molecular flexibility index (Phi) is 3.92. The van der Waals surface area contributed by atoms with Gasteiger partial charge >= 0.3 is 0 Å². The Bertz CT molecular complexity index is 692. The van der Waals surface area contributed by atoms with Crippen molar-refractivity contribution >= 4 is 5.91 Å². The molecule has 0 unspecified atom stereocenters. The minimum atomic E-state index is 0.0587. The fraction of sp³-hybridized carbons (Fsp3) is 0.556. The van der Waals surface area contributed by atoms with Crippen molar-refractivity contribution in [3.63, 3.8) is 0 Å². The molecule has 128 valence electrons. The molecule has 0 spiro atoms. The Balaban J connectivity index is 1.46. The van der Waals surface area contributed by atoms with Crippen LogP contribution in [0.2, 0.25) is 0 Å². The summed E-state index contributed by atoms with van der Waals surface area (Å²) in [6.45, 7) is 6.38. The van der Waals surface area contributed by atoms with Crippen molar-refractivity contribution < 1.29 is 9.21 Å². The van der Waals surface area contributed by atoms with Crippen LogP contribution in [0, 0.1) is 0 Å². The Morgan fingerprint density at radius 3 is 2.67 bits per heavy atom. The lowest BCUT2D eigenvalue weighted by Gasteiger charge is -2.45. The number of furan rings is 1. The zero-order chi connectivity index (χ0) is 16.6. The van der Waals surface area contributed by atoms with Crippen LogP contribution < -0.4 is 0 Å². The first kappa shape index (κ1) is 15.4. The Labute approximate surface area is 141 Å². The number of hydrogen-bond acceptors (Lipinski definition) is 4. The minimum absolute atomic E-state index is 0.0587. The molecule has 2 aromatic rings. The molecule has 2 aliphatic heterocycles. The van der Waals surface area contributed by atoms with Gasteiger partial charge in [-0.15, -0.1) is 0 Å². The highest BCUT2D eigenvalue weighted by atomic mass is 16.3. The third-order valence-electron chi connectivity index (χ3n) is 5.68. The summed E-state index contributed by atoms with van der Waals surface area (Å²) in [4.78, 5) is 17.5. The van der Waals surface area contributed by atoms with Crippen molar-refractivity contribution in [1.29, 1.82) is 0 Å². The third kappa shape index (κ3) is 2.65. The molecule has 2 saturated heterocycles. The first-order valence-corrected chi connectivity index (χ1v) is 8.78. The van der Waals surface area contributed by atoms with Gasteiger partial charge < -0.3 is 9.32 Å². The van der Waals surface area contributed by atoms with E-state index in [0.29, 0.717) is 5.56 Å². The standard InChI is InChI=1S/C18H24N4O2/c1-18(22-7-2-3-8-22)5-9-21(10-6-18)17(23)15-12-19-20-16(15)14-4-11-24-13-14/h4,11-13H,2-3,5-10H2,1H3,(H,19,20). The van der Waals surface area contributed by atoms with E-state index < -0.39 is 0 Å². The molecule has 0 atom stereocenters. The van der Waals surface area contributed by atoms with E-state index in [2.05, 4.69) is 22.0 Å². The van der Waals surface area contributed by atoms with Crippen LogP contribution in [0.15, 0.2) is 29.2 Å². The largest absolute Gasteiger partial charge is 0.472 e. The molecule has 6 heteroatoms. The van der Waals surface area contributed by atoms with Gasteiger partial charge in [-0.25, -0.2) is 0 Å². The zero-order valence-corrected chi connectivity index (χ0v) is 14.1. The van der Waals surface area contributed by atoms with Crippen LogP contribution in [0.4, 0.5) is 0 Å². The van der Waals surface area contributed by atoms with Crippen molar-refractivity contribution in [1.82, 2.24) is 20.0 Å². The highest BCUT2D eigenvalue weighted by Gasteiger charge is 2.38. The SMILES string of the molecule is CC1(N2CCCC2)CCN(C(=O)c2cn[nH]c2-c2ccoc2)CC1. The van der Waals surface area contributed by atoms with Gasteiger partial charge in [-0.1, -0.05) is 0 Å². The summed E-state index contributed by atoms with van der Waals surface area (Å²) >= 11 is 0. The maximum Gasteiger partial charge on any atom is 0.257 e. The topological polar surface area (TPSA) is 65.4 Å². The molecule has 0 aromatic carbocycles. The number of amides is 1. The van der Waals surface area contributed by atoms with E-state index in [4.69, 9.17) is 4.42 Å². The lowest BCUT2D eigenvalue weighted by atomic mass is 9.87. The van der Waals surface area contributed by atoms with E-state index in [1.807, 2.05) is 11.0 Å². The zero-order valence-electron chi connectivity index (χ0n) is 14.1. The quantitative estimate of drug-likeness (QED) is 0.941. The molecular weight excluding hydrogens is 304 g/mol. The van der Waals surface area contributed by atoms with Gasteiger partial charge in [0.05, 0.1) is 30.0 Å². The van der Waals surface area contributed by atoms with Crippen LogP contribution in [0.1, 0.15) is 43.0 Å². The van der Waals surface area contributed by atoms with E-state index in [0.717, 1.165) is 37.2 Å². The normalized spacial score (nSPS) is 21.3. The van der Waals surface area contributed by atoms with Gasteiger partial charge in [0.1, 0.15) is 0 Å². The summed E-state index contributed by atoms with van der Waals surface area (Å²) in [5, 5.41) is 6.99. The smallest absolute Gasteiger partial charge is 0.257 e. The number of nitrogens with zero attached hydrogens (tertiary/aromatic N) is 3. The number of carbonyl (C=O) groups is 1. The number of likely N-dealkylation sites (tertiary alicyclic amines) is 2. The molecule has 0 radical (unpaired) electrons. The summed E-state index contributed by atoms with van der Waals surface area (Å²) in [5.41, 5.74) is 2.47. The maximum atomic E-state index is 12.9. The fourth-order valence-corrected chi connectivity index (χ4v) is 4.01. The van der Waals surface area contributed by atoms with E-state index in [1.165, 1.54) is 25.9 Å². The number of rotatable bonds is 3. The first-order chi connectivity index (χ1) is 11.7. The number of aromatic nitrogens is 2. The maximum absolute atomic E-state index is 12.9. The van der Waals surface area contributed by atoms with E-state index in [-0.39, 0.29) is 11.4 Å². The molecule has 1 amide bonds. The van der Waals surface area contributed by atoms with Crippen LogP contribution in [-0.4, -0.2) is 57.6 Å². The average molecular weight is 328 g/mol. The van der Waals surface area contributed by atoms with E-state index >= 15 is 0 Å². The number of aromatic amines is 1. The van der Waals surface area contributed by atoms with Crippen molar-refractivity contribution in [3.05, 3.63) is 30.4 Å². The molecule has 1 N–H and O–H groups in total. The second kappa shape index (κ2) is 6.09. The van der Waals surface area contributed by atoms with Crippen LogP contribution in [0.3, 0.4) is 0 Å². The van der Waals surface area contributed by atoms with Gasteiger partial charge in [0, 0.05) is 24.2 Å². The Morgan fingerprint density at radius 1 is 1.25 bits per heavy atom. The fourth-order valence-electron chi connectivity index (χ4n) is 4.01. The molecule has 2 aliphatic rings. The van der Waals surface area contributed by atoms with Crippen LogP contribution in [0.25, 0.3) is 11.3 Å². The lowest BCUT2D eigenvalue weighted by Crippen LogP contribution is -2.53. The number of nitrogens with one attached hydrogen (secondary N) is 1. The number of hydrogen-bond donors (Lipinski definition) is 1. The lowest BCUT2D eigenvalue weighted by molar-refractivity contribution is 0.0406. The minimum Gasteiger partial charge on any atom is -0.472 e. The molecule has 2 fully saturated rings. The highest BCUT2D eigenvalue weighted by Crippen LogP contribution is 2.32. The number of carbonyl (C=O) groups excluding carboxylic acids is 1. The molecule has 0 aliphatic carbocycles. The van der Waals surface area contributed by atoms with Crippen molar-refractivity contribution in [3.8, 4) is 11.3 Å². The van der Waals surface area contributed by atoms with Gasteiger partial charge in [-0.2, -0.15) is 5.10 Å².